The van der Waals surface area contributed by atoms with E-state index in [0.717, 1.165) is 11.3 Å². The Balaban J connectivity index is 1.96. The van der Waals surface area contributed by atoms with E-state index in [-0.39, 0.29) is 18.3 Å². The summed E-state index contributed by atoms with van der Waals surface area (Å²) in [4.78, 5) is 11.9. The predicted molar refractivity (Wildman–Crippen MR) is 77.8 cm³/mol. The maximum absolute atomic E-state index is 11.9. The van der Waals surface area contributed by atoms with Crippen molar-refractivity contribution in [2.75, 3.05) is 6.61 Å². The van der Waals surface area contributed by atoms with E-state index < -0.39 is 0 Å². The van der Waals surface area contributed by atoms with Crippen LogP contribution in [0.3, 0.4) is 0 Å². The van der Waals surface area contributed by atoms with Gasteiger partial charge in [-0.2, -0.15) is 0 Å². The van der Waals surface area contributed by atoms with E-state index in [0.29, 0.717) is 12.2 Å². The van der Waals surface area contributed by atoms with E-state index >= 15 is 0 Å². The van der Waals surface area contributed by atoms with Gasteiger partial charge in [-0.05, 0) is 29.8 Å². The van der Waals surface area contributed by atoms with Crippen molar-refractivity contribution >= 4 is 5.78 Å². The standard InChI is InChI=1S/C17H18O3/c1-13(11-18)17(19)15-7-9-16(10-8-15)20-12-14-5-3-2-4-6-14/h2-10,13,18H,11-12H2,1H3/t13-/m1/s1. The summed E-state index contributed by atoms with van der Waals surface area (Å²) in [5.74, 6) is 0.301. The summed E-state index contributed by atoms with van der Waals surface area (Å²) in [7, 11) is 0. The lowest BCUT2D eigenvalue weighted by molar-refractivity contribution is 0.0877. The zero-order valence-electron chi connectivity index (χ0n) is 11.5. The maximum Gasteiger partial charge on any atom is 0.167 e. The number of hydrogen-bond acceptors (Lipinski definition) is 3. The highest BCUT2D eigenvalue weighted by molar-refractivity contribution is 5.97. The quantitative estimate of drug-likeness (QED) is 0.820. The average Bonchev–Trinajstić information content (AvgIpc) is 2.53. The van der Waals surface area contributed by atoms with Gasteiger partial charge in [0.2, 0.25) is 0 Å². The highest BCUT2D eigenvalue weighted by Gasteiger charge is 2.13. The molecule has 0 unspecified atom stereocenters. The van der Waals surface area contributed by atoms with Gasteiger partial charge >= 0.3 is 0 Å². The van der Waals surface area contributed by atoms with Crippen LogP contribution in [0, 0.1) is 5.92 Å². The number of benzene rings is 2. The van der Waals surface area contributed by atoms with Gasteiger partial charge in [-0.15, -0.1) is 0 Å². The summed E-state index contributed by atoms with van der Waals surface area (Å²) in [5.41, 5.74) is 1.69. The normalized spacial score (nSPS) is 11.9. The summed E-state index contributed by atoms with van der Waals surface area (Å²) < 4.78 is 5.65. The van der Waals surface area contributed by atoms with Crippen LogP contribution in [-0.2, 0) is 6.61 Å². The molecule has 0 fully saturated rings. The van der Waals surface area contributed by atoms with Gasteiger partial charge in [0.15, 0.2) is 5.78 Å². The first-order valence-electron chi connectivity index (χ1n) is 6.62. The second kappa shape index (κ2) is 6.87. The molecule has 0 saturated carbocycles. The van der Waals surface area contributed by atoms with E-state index in [1.54, 1.807) is 31.2 Å². The Kier molecular flexibility index (Phi) is 4.91. The molecule has 104 valence electrons. The molecule has 0 radical (unpaired) electrons. The third-order valence-corrected chi connectivity index (χ3v) is 3.11. The van der Waals surface area contributed by atoms with Crippen LogP contribution in [0.2, 0.25) is 0 Å². The molecule has 3 heteroatoms. The van der Waals surface area contributed by atoms with Crippen LogP contribution in [0.1, 0.15) is 22.8 Å². The molecule has 2 rings (SSSR count). The fraction of sp³-hybridized carbons (Fsp3) is 0.235. The summed E-state index contributed by atoms with van der Waals surface area (Å²) in [5, 5.41) is 8.99. The third kappa shape index (κ3) is 3.68. The van der Waals surface area contributed by atoms with E-state index in [9.17, 15) is 4.79 Å². The molecule has 0 amide bonds. The van der Waals surface area contributed by atoms with Crippen LogP contribution in [0.5, 0.6) is 5.75 Å². The van der Waals surface area contributed by atoms with Gasteiger partial charge in [0.05, 0.1) is 6.61 Å². The van der Waals surface area contributed by atoms with Crippen LogP contribution < -0.4 is 4.74 Å². The lowest BCUT2D eigenvalue weighted by Gasteiger charge is -2.09. The van der Waals surface area contributed by atoms with Gasteiger partial charge in [-0.25, -0.2) is 0 Å². The Bertz CT molecular complexity index is 546. The minimum Gasteiger partial charge on any atom is -0.489 e. The van der Waals surface area contributed by atoms with Gasteiger partial charge in [0.1, 0.15) is 12.4 Å². The minimum atomic E-state index is -0.369. The number of aliphatic hydroxyl groups excluding tert-OH is 1. The number of ketones is 1. The second-order valence-electron chi connectivity index (χ2n) is 4.75. The molecule has 0 heterocycles. The Morgan fingerprint density at radius 1 is 1.10 bits per heavy atom. The Hall–Kier alpha value is -2.13. The minimum absolute atomic E-state index is 0.0536. The van der Waals surface area contributed by atoms with Crippen molar-refractivity contribution in [3.63, 3.8) is 0 Å². The average molecular weight is 270 g/mol. The third-order valence-electron chi connectivity index (χ3n) is 3.11. The SMILES string of the molecule is C[C@H](CO)C(=O)c1ccc(OCc2ccccc2)cc1. The molecule has 0 aliphatic rings. The zero-order chi connectivity index (χ0) is 14.4. The molecule has 0 saturated heterocycles. The number of carbonyl (C=O) groups excluding carboxylic acids is 1. The zero-order valence-corrected chi connectivity index (χ0v) is 11.5. The number of Topliss-reactive ketones (excluding diaryl/α,β-unsaturated/α-hetero) is 1. The van der Waals surface area contributed by atoms with Crippen molar-refractivity contribution in [2.24, 2.45) is 5.92 Å². The van der Waals surface area contributed by atoms with Crippen molar-refractivity contribution in [1.82, 2.24) is 0 Å². The van der Waals surface area contributed by atoms with Crippen LogP contribution in [0.15, 0.2) is 54.6 Å². The van der Waals surface area contributed by atoms with Crippen LogP contribution in [0.4, 0.5) is 0 Å². The van der Waals surface area contributed by atoms with Crippen LogP contribution in [0.25, 0.3) is 0 Å². The highest BCUT2D eigenvalue weighted by Crippen LogP contribution is 2.16. The first-order chi connectivity index (χ1) is 9.70. The molecule has 1 atom stereocenters. The van der Waals surface area contributed by atoms with Gasteiger partial charge in [-0.1, -0.05) is 37.3 Å². The number of aliphatic hydroxyl groups is 1. The van der Waals surface area contributed by atoms with Crippen molar-refractivity contribution in [3.8, 4) is 5.75 Å². The van der Waals surface area contributed by atoms with Crippen molar-refractivity contribution < 1.29 is 14.6 Å². The molecular formula is C17H18O3. The summed E-state index contributed by atoms with van der Waals surface area (Å²) in [6.45, 7) is 2.08. The number of ether oxygens (including phenoxy) is 1. The maximum atomic E-state index is 11.9. The first kappa shape index (κ1) is 14.3. The second-order valence-corrected chi connectivity index (χ2v) is 4.75. The van der Waals surface area contributed by atoms with Gasteiger partial charge in [-0.3, -0.25) is 4.79 Å². The van der Waals surface area contributed by atoms with Crippen molar-refractivity contribution in [3.05, 3.63) is 65.7 Å². The predicted octanol–water partition coefficient (Wildman–Crippen LogP) is 3.08. The fourth-order valence-corrected chi connectivity index (χ4v) is 1.82. The molecule has 1 N–H and O–H groups in total. The van der Waals surface area contributed by atoms with Crippen LogP contribution in [-0.4, -0.2) is 17.5 Å². The molecule has 0 aromatic heterocycles. The number of carbonyl (C=O) groups is 1. The first-order valence-corrected chi connectivity index (χ1v) is 6.62. The highest BCUT2D eigenvalue weighted by atomic mass is 16.5. The molecule has 0 bridgehead atoms. The topological polar surface area (TPSA) is 46.5 Å². The molecule has 2 aromatic rings. The summed E-state index contributed by atoms with van der Waals surface area (Å²) in [6, 6.07) is 16.9. The number of hydrogen-bond donors (Lipinski definition) is 1. The molecule has 3 nitrogen and oxygen atoms in total. The molecular weight excluding hydrogens is 252 g/mol. The van der Waals surface area contributed by atoms with Gasteiger partial charge < -0.3 is 9.84 Å². The molecule has 20 heavy (non-hydrogen) atoms. The van der Waals surface area contributed by atoms with Crippen molar-refractivity contribution in [1.29, 1.82) is 0 Å². The summed E-state index contributed by atoms with van der Waals surface area (Å²) in [6.07, 6.45) is 0. The molecule has 0 aliphatic carbocycles. The Labute approximate surface area is 118 Å². The van der Waals surface area contributed by atoms with E-state index in [4.69, 9.17) is 9.84 Å². The largest absolute Gasteiger partial charge is 0.489 e. The van der Waals surface area contributed by atoms with E-state index in [1.807, 2.05) is 30.3 Å². The van der Waals surface area contributed by atoms with Crippen LogP contribution >= 0.6 is 0 Å². The van der Waals surface area contributed by atoms with Crippen molar-refractivity contribution in [2.45, 2.75) is 13.5 Å². The molecule has 0 spiro atoms. The van der Waals surface area contributed by atoms with Gasteiger partial charge in [0.25, 0.3) is 0 Å². The molecule has 0 aliphatic heterocycles. The Morgan fingerprint density at radius 3 is 2.35 bits per heavy atom. The summed E-state index contributed by atoms with van der Waals surface area (Å²) >= 11 is 0. The number of rotatable bonds is 6. The van der Waals surface area contributed by atoms with E-state index in [1.165, 1.54) is 0 Å². The lowest BCUT2D eigenvalue weighted by Crippen LogP contribution is -2.14. The molecule has 2 aromatic carbocycles. The fourth-order valence-electron chi connectivity index (χ4n) is 1.82. The lowest BCUT2D eigenvalue weighted by atomic mass is 10.0. The smallest absolute Gasteiger partial charge is 0.167 e. The van der Waals surface area contributed by atoms with E-state index in [2.05, 4.69) is 0 Å². The monoisotopic (exact) mass is 270 g/mol. The Morgan fingerprint density at radius 2 is 1.75 bits per heavy atom. The van der Waals surface area contributed by atoms with Gasteiger partial charge in [0, 0.05) is 11.5 Å².